The second-order valence-corrected chi connectivity index (χ2v) is 6.24. The van der Waals surface area contributed by atoms with Crippen LogP contribution in [0.4, 0.5) is 5.69 Å². The lowest BCUT2D eigenvalue weighted by molar-refractivity contribution is -0.121. The Morgan fingerprint density at radius 2 is 1.69 bits per heavy atom. The van der Waals surface area contributed by atoms with E-state index >= 15 is 0 Å². The largest absolute Gasteiger partial charge is 0.493 e. The van der Waals surface area contributed by atoms with Gasteiger partial charge in [0.15, 0.2) is 11.5 Å². The molecule has 1 fully saturated rings. The lowest BCUT2D eigenvalue weighted by atomic mass is 10.1. The van der Waals surface area contributed by atoms with Gasteiger partial charge in [-0.2, -0.15) is 0 Å². The van der Waals surface area contributed by atoms with Crippen molar-refractivity contribution in [1.82, 2.24) is 4.90 Å². The van der Waals surface area contributed by atoms with E-state index in [0.717, 1.165) is 0 Å². The number of methoxy groups -OCH3 is 3. The van der Waals surface area contributed by atoms with Crippen molar-refractivity contribution in [2.75, 3.05) is 46.3 Å². The molecule has 2 atom stereocenters. The predicted octanol–water partition coefficient (Wildman–Crippen LogP) is 1.54. The van der Waals surface area contributed by atoms with Crippen LogP contribution < -0.4 is 14.8 Å². The van der Waals surface area contributed by atoms with Crippen LogP contribution in [0.3, 0.4) is 0 Å². The highest BCUT2D eigenvalue weighted by Crippen LogP contribution is 2.33. The summed E-state index contributed by atoms with van der Waals surface area (Å²) in [5.41, 5.74) is 0.510. The van der Waals surface area contributed by atoms with E-state index in [1.165, 1.54) is 27.4 Å². The molecule has 1 aromatic carbocycles. The van der Waals surface area contributed by atoms with Gasteiger partial charge in [-0.25, -0.2) is 4.79 Å². The summed E-state index contributed by atoms with van der Waals surface area (Å²) >= 11 is 0. The number of amides is 1. The Morgan fingerprint density at radius 3 is 2.23 bits per heavy atom. The van der Waals surface area contributed by atoms with Gasteiger partial charge >= 0.3 is 5.97 Å². The van der Waals surface area contributed by atoms with Gasteiger partial charge in [-0.15, -0.1) is 0 Å². The molecule has 1 amide bonds. The van der Waals surface area contributed by atoms with E-state index in [2.05, 4.69) is 5.32 Å². The lowest BCUT2D eigenvalue weighted by Crippen LogP contribution is -2.48. The fourth-order valence-corrected chi connectivity index (χ4v) is 3.07. The van der Waals surface area contributed by atoms with Gasteiger partial charge in [-0.1, -0.05) is 0 Å². The fourth-order valence-electron chi connectivity index (χ4n) is 3.07. The zero-order valence-corrected chi connectivity index (χ0v) is 15.8. The summed E-state index contributed by atoms with van der Waals surface area (Å²) in [6.07, 6.45) is 0.136. The molecular formula is C18H26N2O6. The minimum absolute atomic E-state index is 0.0678. The Morgan fingerprint density at radius 1 is 1.12 bits per heavy atom. The second kappa shape index (κ2) is 8.86. The summed E-state index contributed by atoms with van der Waals surface area (Å²) in [5.74, 6) is -0.0238. The summed E-state index contributed by atoms with van der Waals surface area (Å²) in [5, 5.41) is 2.77. The van der Waals surface area contributed by atoms with Crippen molar-refractivity contribution in [2.45, 2.75) is 26.1 Å². The molecule has 0 bridgehead atoms. The molecule has 26 heavy (non-hydrogen) atoms. The summed E-state index contributed by atoms with van der Waals surface area (Å²) < 4.78 is 20.9. The van der Waals surface area contributed by atoms with Crippen LogP contribution >= 0.6 is 0 Å². The van der Waals surface area contributed by atoms with E-state index in [-0.39, 0.29) is 30.2 Å². The van der Waals surface area contributed by atoms with Gasteiger partial charge in [0.25, 0.3) is 0 Å². The smallest absolute Gasteiger partial charge is 0.340 e. The Balaban J connectivity index is 2.18. The van der Waals surface area contributed by atoms with Gasteiger partial charge in [0.1, 0.15) is 0 Å². The van der Waals surface area contributed by atoms with Crippen molar-refractivity contribution in [3.8, 4) is 11.5 Å². The SMILES string of the molecule is COC(=O)c1cc(OC)c(OC)cc1NC(=O)CN1CC(C)OC(C)C1. The molecule has 1 N–H and O–H groups in total. The van der Waals surface area contributed by atoms with Crippen molar-refractivity contribution in [2.24, 2.45) is 0 Å². The number of esters is 1. The molecule has 1 saturated heterocycles. The van der Waals surface area contributed by atoms with Gasteiger partial charge in [-0.05, 0) is 13.8 Å². The van der Waals surface area contributed by atoms with Crippen LogP contribution in [0, 0.1) is 0 Å². The Hall–Kier alpha value is -2.32. The molecule has 1 aromatic rings. The minimum Gasteiger partial charge on any atom is -0.493 e. The first kappa shape index (κ1) is 20.0. The monoisotopic (exact) mass is 366 g/mol. The normalized spacial score (nSPS) is 20.3. The number of hydrogen-bond donors (Lipinski definition) is 1. The van der Waals surface area contributed by atoms with E-state index in [0.29, 0.717) is 30.3 Å². The summed E-state index contributed by atoms with van der Waals surface area (Å²) in [6, 6.07) is 3.03. The van der Waals surface area contributed by atoms with Crippen LogP contribution in [0.2, 0.25) is 0 Å². The average molecular weight is 366 g/mol. The Kier molecular flexibility index (Phi) is 6.82. The van der Waals surface area contributed by atoms with Crippen LogP contribution in [0.1, 0.15) is 24.2 Å². The molecule has 0 aliphatic carbocycles. The van der Waals surface area contributed by atoms with Crippen LogP contribution in [0.15, 0.2) is 12.1 Å². The summed E-state index contributed by atoms with van der Waals surface area (Å²) in [6.45, 7) is 5.50. The Bertz CT molecular complexity index is 653. The van der Waals surface area contributed by atoms with Crippen LogP contribution in [-0.4, -0.2) is 69.9 Å². The van der Waals surface area contributed by atoms with Crippen molar-refractivity contribution in [3.05, 3.63) is 17.7 Å². The van der Waals surface area contributed by atoms with Gasteiger partial charge in [0, 0.05) is 25.2 Å². The third kappa shape index (κ3) is 4.86. The molecule has 1 heterocycles. The zero-order valence-electron chi connectivity index (χ0n) is 15.8. The number of anilines is 1. The number of morpholine rings is 1. The number of ether oxygens (including phenoxy) is 4. The van der Waals surface area contributed by atoms with Gasteiger partial charge in [0.2, 0.25) is 5.91 Å². The molecule has 2 rings (SSSR count). The molecular weight excluding hydrogens is 340 g/mol. The third-order valence-electron chi connectivity index (χ3n) is 4.07. The van der Waals surface area contributed by atoms with E-state index < -0.39 is 5.97 Å². The third-order valence-corrected chi connectivity index (χ3v) is 4.07. The van der Waals surface area contributed by atoms with Gasteiger partial charge in [-0.3, -0.25) is 9.69 Å². The number of carbonyl (C=O) groups is 2. The topological polar surface area (TPSA) is 86.3 Å². The van der Waals surface area contributed by atoms with E-state index in [1.54, 1.807) is 6.07 Å². The maximum atomic E-state index is 12.5. The highest BCUT2D eigenvalue weighted by atomic mass is 16.5. The van der Waals surface area contributed by atoms with Gasteiger partial charge in [0.05, 0.1) is 51.3 Å². The van der Waals surface area contributed by atoms with Crippen molar-refractivity contribution in [1.29, 1.82) is 0 Å². The number of benzene rings is 1. The summed E-state index contributed by atoms with van der Waals surface area (Å²) in [4.78, 5) is 26.6. The molecule has 0 spiro atoms. The molecule has 1 aliphatic heterocycles. The molecule has 8 nitrogen and oxygen atoms in total. The summed E-state index contributed by atoms with van der Waals surface area (Å²) in [7, 11) is 4.23. The second-order valence-electron chi connectivity index (χ2n) is 6.24. The molecule has 0 saturated carbocycles. The maximum absolute atomic E-state index is 12.5. The van der Waals surface area contributed by atoms with Crippen LogP contribution in [0.5, 0.6) is 11.5 Å². The first-order valence-electron chi connectivity index (χ1n) is 8.39. The van der Waals surface area contributed by atoms with Crippen molar-refractivity contribution >= 4 is 17.6 Å². The number of rotatable bonds is 6. The minimum atomic E-state index is -0.574. The quantitative estimate of drug-likeness (QED) is 0.764. The predicted molar refractivity (Wildman–Crippen MR) is 96.0 cm³/mol. The highest BCUT2D eigenvalue weighted by molar-refractivity contribution is 6.02. The van der Waals surface area contributed by atoms with Crippen molar-refractivity contribution < 1.29 is 28.5 Å². The van der Waals surface area contributed by atoms with Gasteiger partial charge < -0.3 is 24.3 Å². The first-order chi connectivity index (χ1) is 12.4. The van der Waals surface area contributed by atoms with E-state index in [9.17, 15) is 9.59 Å². The van der Waals surface area contributed by atoms with Crippen LogP contribution in [-0.2, 0) is 14.3 Å². The lowest BCUT2D eigenvalue weighted by Gasteiger charge is -2.34. The average Bonchev–Trinajstić information content (AvgIpc) is 2.59. The van der Waals surface area contributed by atoms with E-state index in [1.807, 2.05) is 18.7 Å². The zero-order chi connectivity index (χ0) is 19.3. The standard InChI is InChI=1S/C18H26N2O6/c1-11-8-20(9-12(2)26-11)10-17(21)19-14-7-16(24-4)15(23-3)6-13(14)18(22)25-5/h6-7,11-12H,8-10H2,1-5H3,(H,19,21). The molecule has 1 aliphatic rings. The van der Waals surface area contributed by atoms with Crippen LogP contribution in [0.25, 0.3) is 0 Å². The van der Waals surface area contributed by atoms with E-state index in [4.69, 9.17) is 18.9 Å². The molecule has 0 radical (unpaired) electrons. The molecule has 0 aromatic heterocycles. The number of nitrogens with zero attached hydrogens (tertiary/aromatic N) is 1. The number of carbonyl (C=O) groups excluding carboxylic acids is 2. The molecule has 2 unspecified atom stereocenters. The molecule has 8 heteroatoms. The first-order valence-corrected chi connectivity index (χ1v) is 8.39. The fraction of sp³-hybridized carbons (Fsp3) is 0.556. The van der Waals surface area contributed by atoms with Crippen molar-refractivity contribution in [3.63, 3.8) is 0 Å². The molecule has 144 valence electrons. The highest BCUT2D eigenvalue weighted by Gasteiger charge is 2.25. The Labute approximate surface area is 153 Å². The number of hydrogen-bond acceptors (Lipinski definition) is 7. The maximum Gasteiger partial charge on any atom is 0.340 e. The number of nitrogens with one attached hydrogen (secondary N) is 1.